The molecular formula is C69H124NO8P. The van der Waals surface area contributed by atoms with Crippen molar-refractivity contribution in [2.24, 2.45) is 5.73 Å². The van der Waals surface area contributed by atoms with Gasteiger partial charge < -0.3 is 20.1 Å². The van der Waals surface area contributed by atoms with E-state index in [9.17, 15) is 19.0 Å². The van der Waals surface area contributed by atoms with Gasteiger partial charge >= 0.3 is 19.8 Å². The summed E-state index contributed by atoms with van der Waals surface area (Å²) in [7, 11) is -4.39. The highest BCUT2D eigenvalue weighted by Crippen LogP contribution is 2.43. The van der Waals surface area contributed by atoms with Gasteiger partial charge in [0, 0.05) is 19.4 Å². The van der Waals surface area contributed by atoms with Crippen LogP contribution in [0.3, 0.4) is 0 Å². The lowest BCUT2D eigenvalue weighted by molar-refractivity contribution is -0.161. The van der Waals surface area contributed by atoms with Crippen LogP contribution >= 0.6 is 7.82 Å². The Labute approximate surface area is 487 Å². The van der Waals surface area contributed by atoms with E-state index < -0.39 is 26.5 Å². The van der Waals surface area contributed by atoms with Crippen LogP contribution in [0.25, 0.3) is 0 Å². The molecule has 3 N–H and O–H groups in total. The molecule has 0 fully saturated rings. The second-order valence-electron chi connectivity index (χ2n) is 22.0. The van der Waals surface area contributed by atoms with Crippen LogP contribution in [0.15, 0.2) is 85.1 Å². The van der Waals surface area contributed by atoms with Crippen LogP contribution in [-0.2, 0) is 32.7 Å². The molecule has 0 aliphatic heterocycles. The molecule has 458 valence electrons. The second kappa shape index (κ2) is 64.4. The van der Waals surface area contributed by atoms with E-state index in [0.717, 1.165) is 77.0 Å². The predicted octanol–water partition coefficient (Wildman–Crippen LogP) is 21.4. The van der Waals surface area contributed by atoms with Crippen LogP contribution in [0.4, 0.5) is 0 Å². The SMILES string of the molecule is CC/C=C\C/C=C\C/C=C\C/C=C\CCCCCCCCCCCCCCCCC(=O)OC(COC(=O)CCCCCCCCCCCCCCCCCC/C=C\C/C=C\C/C=C\CCCCCCC)COP(=O)(O)OCCN. The number of phosphoric acid groups is 1. The van der Waals surface area contributed by atoms with E-state index in [2.05, 4.69) is 98.9 Å². The molecule has 0 bridgehead atoms. The maximum absolute atomic E-state index is 12.7. The Bertz CT molecular complexity index is 1570. The van der Waals surface area contributed by atoms with Crippen LogP contribution in [0.2, 0.25) is 0 Å². The maximum atomic E-state index is 12.7. The topological polar surface area (TPSA) is 134 Å². The van der Waals surface area contributed by atoms with Gasteiger partial charge in [0.1, 0.15) is 6.61 Å². The lowest BCUT2D eigenvalue weighted by Crippen LogP contribution is -2.29. The molecular weight excluding hydrogens is 1000 g/mol. The molecule has 0 heterocycles. The average molecular weight is 1130 g/mol. The number of ether oxygens (including phenoxy) is 2. The fourth-order valence-corrected chi connectivity index (χ4v) is 10.2. The Hall–Kier alpha value is -2.81. The van der Waals surface area contributed by atoms with Crippen molar-refractivity contribution in [2.75, 3.05) is 26.4 Å². The third kappa shape index (κ3) is 64.2. The molecule has 0 aromatic heterocycles. The van der Waals surface area contributed by atoms with Crippen LogP contribution in [0.1, 0.15) is 309 Å². The van der Waals surface area contributed by atoms with Gasteiger partial charge in [-0.2, -0.15) is 0 Å². The molecule has 0 radical (unpaired) electrons. The summed E-state index contributed by atoms with van der Waals surface area (Å²) in [5.41, 5.74) is 5.40. The van der Waals surface area contributed by atoms with Crippen molar-refractivity contribution in [3.8, 4) is 0 Å². The van der Waals surface area contributed by atoms with Crippen molar-refractivity contribution >= 4 is 19.8 Å². The van der Waals surface area contributed by atoms with E-state index in [1.54, 1.807) is 0 Å². The molecule has 79 heavy (non-hydrogen) atoms. The molecule has 0 saturated carbocycles. The van der Waals surface area contributed by atoms with Gasteiger partial charge in [-0.15, -0.1) is 0 Å². The molecule has 0 saturated heterocycles. The number of phosphoric ester groups is 1. The Morgan fingerprint density at radius 1 is 0.392 bits per heavy atom. The van der Waals surface area contributed by atoms with Gasteiger partial charge in [-0.25, -0.2) is 4.57 Å². The maximum Gasteiger partial charge on any atom is 0.472 e. The molecule has 0 aliphatic carbocycles. The lowest BCUT2D eigenvalue weighted by atomic mass is 10.0. The van der Waals surface area contributed by atoms with Crippen molar-refractivity contribution in [1.82, 2.24) is 0 Å². The second-order valence-corrected chi connectivity index (χ2v) is 23.4. The minimum Gasteiger partial charge on any atom is -0.462 e. The van der Waals surface area contributed by atoms with Crippen molar-refractivity contribution in [1.29, 1.82) is 0 Å². The van der Waals surface area contributed by atoms with E-state index >= 15 is 0 Å². The quantitative estimate of drug-likeness (QED) is 0.0264. The highest BCUT2D eigenvalue weighted by molar-refractivity contribution is 7.47. The number of carbonyl (C=O) groups is 2. The normalized spacial score (nSPS) is 13.5. The average Bonchev–Trinajstić information content (AvgIpc) is 3.44. The molecule has 0 spiro atoms. The number of hydrogen-bond acceptors (Lipinski definition) is 8. The molecule has 2 unspecified atom stereocenters. The molecule has 10 heteroatoms. The standard InChI is InChI=1S/C69H124NO8P/c1-3-5-7-9-11-13-15-17-19-21-23-25-27-29-31-32-33-34-36-37-39-41-43-45-47-49-51-53-55-57-59-61-68(71)75-65-67(66-77-79(73,74)76-64-63-70)78-69(72)62-60-58-56-54-52-50-48-46-44-42-40-38-35-30-28-26-24-22-20-18-16-14-12-10-8-6-4-2/h6,8,12,14-15,17-18,20-21,23-24,26-27,29,67H,3-5,7,9-11,13,16,19,22,25,28,30-66,70H2,1-2H3,(H,73,74)/b8-6-,14-12-,17-15-,20-18-,23-21-,26-24-,29-27-. The Morgan fingerprint density at radius 3 is 1.04 bits per heavy atom. The molecule has 0 amide bonds. The number of hydrogen-bond donors (Lipinski definition) is 2. The van der Waals surface area contributed by atoms with Crippen LogP contribution in [-0.4, -0.2) is 49.3 Å². The summed E-state index contributed by atoms with van der Waals surface area (Å²) in [5, 5.41) is 0. The van der Waals surface area contributed by atoms with Gasteiger partial charge in [0.05, 0.1) is 13.2 Å². The zero-order valence-corrected chi connectivity index (χ0v) is 52.2. The minimum atomic E-state index is -4.39. The van der Waals surface area contributed by atoms with Crippen LogP contribution < -0.4 is 5.73 Å². The molecule has 0 aromatic carbocycles. The zero-order valence-electron chi connectivity index (χ0n) is 51.3. The van der Waals surface area contributed by atoms with Crippen molar-refractivity contribution in [3.63, 3.8) is 0 Å². The van der Waals surface area contributed by atoms with Gasteiger partial charge in [0.25, 0.3) is 0 Å². The molecule has 2 atom stereocenters. The summed E-state index contributed by atoms with van der Waals surface area (Å²) < 4.78 is 33.2. The minimum absolute atomic E-state index is 0.0516. The van der Waals surface area contributed by atoms with Gasteiger partial charge in [-0.3, -0.25) is 18.6 Å². The van der Waals surface area contributed by atoms with E-state index in [1.165, 1.54) is 199 Å². The van der Waals surface area contributed by atoms with Gasteiger partial charge in [0.2, 0.25) is 0 Å². The lowest BCUT2D eigenvalue weighted by Gasteiger charge is -2.19. The molecule has 0 aromatic rings. The number of esters is 2. The van der Waals surface area contributed by atoms with Crippen LogP contribution in [0, 0.1) is 0 Å². The Balaban J connectivity index is 3.89. The van der Waals surface area contributed by atoms with Crippen molar-refractivity contribution in [3.05, 3.63) is 85.1 Å². The summed E-state index contributed by atoms with van der Waals surface area (Å²) in [6.45, 7) is 3.66. The third-order valence-corrected chi connectivity index (χ3v) is 15.2. The first kappa shape index (κ1) is 76.2. The number of nitrogens with two attached hydrogens (primary N) is 1. The Morgan fingerprint density at radius 2 is 0.696 bits per heavy atom. The summed E-state index contributed by atoms with van der Waals surface area (Å²) >= 11 is 0. The number of carbonyl (C=O) groups excluding carboxylic acids is 2. The van der Waals surface area contributed by atoms with Crippen molar-refractivity contribution < 1.29 is 37.6 Å². The number of unbranched alkanes of at least 4 members (excludes halogenated alkanes) is 35. The fourth-order valence-electron chi connectivity index (χ4n) is 9.40. The predicted molar refractivity (Wildman–Crippen MR) is 339 cm³/mol. The van der Waals surface area contributed by atoms with Crippen molar-refractivity contribution in [2.45, 2.75) is 315 Å². The van der Waals surface area contributed by atoms with E-state index in [4.69, 9.17) is 24.3 Å². The molecule has 9 nitrogen and oxygen atoms in total. The fraction of sp³-hybridized carbons (Fsp3) is 0.768. The largest absolute Gasteiger partial charge is 0.472 e. The van der Waals surface area contributed by atoms with E-state index in [0.29, 0.717) is 6.42 Å². The first-order chi connectivity index (χ1) is 38.8. The van der Waals surface area contributed by atoms with E-state index in [1.807, 2.05) is 0 Å². The third-order valence-electron chi connectivity index (χ3n) is 14.3. The Kier molecular flexibility index (Phi) is 62.1. The highest BCUT2D eigenvalue weighted by atomic mass is 31.2. The van der Waals surface area contributed by atoms with E-state index in [-0.39, 0.29) is 38.6 Å². The van der Waals surface area contributed by atoms with Gasteiger partial charge in [-0.1, -0.05) is 292 Å². The highest BCUT2D eigenvalue weighted by Gasteiger charge is 2.26. The summed E-state index contributed by atoms with van der Waals surface area (Å²) in [4.78, 5) is 35.3. The zero-order chi connectivity index (χ0) is 57.3. The van der Waals surface area contributed by atoms with Crippen LogP contribution in [0.5, 0.6) is 0 Å². The molecule has 0 rings (SSSR count). The number of allylic oxidation sites excluding steroid dienone is 14. The summed E-state index contributed by atoms with van der Waals surface area (Å²) in [6, 6.07) is 0. The summed E-state index contributed by atoms with van der Waals surface area (Å²) in [6.07, 6.45) is 85.2. The smallest absolute Gasteiger partial charge is 0.462 e. The first-order valence-corrected chi connectivity index (χ1v) is 34.6. The first-order valence-electron chi connectivity index (χ1n) is 33.1. The molecule has 0 aliphatic rings. The monoisotopic (exact) mass is 1130 g/mol. The van der Waals surface area contributed by atoms with Gasteiger partial charge in [-0.05, 0) is 89.9 Å². The van der Waals surface area contributed by atoms with Gasteiger partial charge in [0.15, 0.2) is 6.10 Å². The number of rotatable bonds is 62. The summed E-state index contributed by atoms with van der Waals surface area (Å²) in [5.74, 6) is -0.819.